The third kappa shape index (κ3) is 5.02. The molecule has 0 aromatic carbocycles. The van der Waals surface area contributed by atoms with Crippen molar-refractivity contribution in [2.75, 3.05) is 20.3 Å². The number of ether oxygens (including phenoxy) is 1. The SMILES string of the molecule is COCCCC(N)C(=O)NCC1(O)CCCC1. The van der Waals surface area contributed by atoms with Crippen molar-refractivity contribution in [3.05, 3.63) is 0 Å². The average molecular weight is 244 g/mol. The van der Waals surface area contributed by atoms with Crippen molar-refractivity contribution in [3.8, 4) is 0 Å². The number of aliphatic hydroxyl groups is 1. The fraction of sp³-hybridized carbons (Fsp3) is 0.917. The first-order valence-corrected chi connectivity index (χ1v) is 6.32. The van der Waals surface area contributed by atoms with E-state index in [4.69, 9.17) is 10.5 Å². The Hall–Kier alpha value is -0.650. The minimum absolute atomic E-state index is 0.179. The second kappa shape index (κ2) is 6.93. The van der Waals surface area contributed by atoms with Crippen LogP contribution in [0.4, 0.5) is 0 Å². The van der Waals surface area contributed by atoms with Gasteiger partial charge in [0.15, 0.2) is 0 Å². The molecular weight excluding hydrogens is 220 g/mol. The molecule has 100 valence electrons. The van der Waals surface area contributed by atoms with E-state index in [1.165, 1.54) is 0 Å². The van der Waals surface area contributed by atoms with Crippen LogP contribution >= 0.6 is 0 Å². The lowest BCUT2D eigenvalue weighted by atomic mass is 10.0. The summed E-state index contributed by atoms with van der Waals surface area (Å²) in [7, 11) is 1.63. The maximum absolute atomic E-state index is 11.6. The van der Waals surface area contributed by atoms with Gasteiger partial charge in [-0.25, -0.2) is 0 Å². The summed E-state index contributed by atoms with van der Waals surface area (Å²) in [5.41, 5.74) is 5.03. The summed E-state index contributed by atoms with van der Waals surface area (Å²) in [6, 6.07) is -0.504. The maximum atomic E-state index is 11.6. The van der Waals surface area contributed by atoms with E-state index in [1.54, 1.807) is 7.11 Å². The molecule has 1 aliphatic rings. The predicted molar refractivity (Wildman–Crippen MR) is 65.5 cm³/mol. The summed E-state index contributed by atoms with van der Waals surface area (Å²) in [5, 5.41) is 12.8. The van der Waals surface area contributed by atoms with Crippen LogP contribution in [-0.4, -0.2) is 42.9 Å². The topological polar surface area (TPSA) is 84.6 Å². The molecule has 0 aliphatic heterocycles. The first-order valence-electron chi connectivity index (χ1n) is 6.32. The number of hydrogen-bond donors (Lipinski definition) is 3. The van der Waals surface area contributed by atoms with Gasteiger partial charge in [0.05, 0.1) is 11.6 Å². The highest BCUT2D eigenvalue weighted by Crippen LogP contribution is 2.28. The Balaban J connectivity index is 2.19. The molecule has 1 saturated carbocycles. The van der Waals surface area contributed by atoms with Crippen LogP contribution in [0.5, 0.6) is 0 Å². The number of amides is 1. The second-order valence-electron chi connectivity index (χ2n) is 4.89. The summed E-state index contributed by atoms with van der Waals surface area (Å²) in [6.45, 7) is 0.939. The number of carbonyl (C=O) groups excluding carboxylic acids is 1. The highest BCUT2D eigenvalue weighted by atomic mass is 16.5. The molecule has 1 rings (SSSR count). The van der Waals surface area contributed by atoms with E-state index in [2.05, 4.69) is 5.32 Å². The Morgan fingerprint density at radius 1 is 1.53 bits per heavy atom. The Bertz CT molecular complexity index is 240. The van der Waals surface area contributed by atoms with Crippen molar-refractivity contribution in [1.29, 1.82) is 0 Å². The molecule has 4 N–H and O–H groups in total. The smallest absolute Gasteiger partial charge is 0.237 e. The zero-order valence-electron chi connectivity index (χ0n) is 10.6. The van der Waals surface area contributed by atoms with Crippen LogP contribution in [0.25, 0.3) is 0 Å². The zero-order valence-corrected chi connectivity index (χ0v) is 10.6. The van der Waals surface area contributed by atoms with Gasteiger partial charge in [-0.2, -0.15) is 0 Å². The molecule has 0 aromatic rings. The van der Waals surface area contributed by atoms with Gasteiger partial charge in [0, 0.05) is 20.3 Å². The van der Waals surface area contributed by atoms with Crippen LogP contribution in [0, 0.1) is 0 Å². The first-order chi connectivity index (χ1) is 8.07. The molecular formula is C12H24N2O3. The van der Waals surface area contributed by atoms with Crippen molar-refractivity contribution in [2.24, 2.45) is 5.73 Å². The van der Waals surface area contributed by atoms with E-state index in [9.17, 15) is 9.90 Å². The third-order valence-electron chi connectivity index (χ3n) is 3.33. The molecule has 1 unspecified atom stereocenters. The molecule has 5 heteroatoms. The minimum atomic E-state index is -0.706. The number of methoxy groups -OCH3 is 1. The van der Waals surface area contributed by atoms with Gasteiger partial charge in [0.2, 0.25) is 5.91 Å². The number of nitrogens with one attached hydrogen (secondary N) is 1. The van der Waals surface area contributed by atoms with Crippen molar-refractivity contribution < 1.29 is 14.6 Å². The van der Waals surface area contributed by atoms with E-state index in [0.717, 1.165) is 32.1 Å². The van der Waals surface area contributed by atoms with Crippen LogP contribution in [0.15, 0.2) is 0 Å². The lowest BCUT2D eigenvalue weighted by Gasteiger charge is -2.23. The van der Waals surface area contributed by atoms with Gasteiger partial charge in [-0.15, -0.1) is 0 Å². The van der Waals surface area contributed by atoms with Crippen LogP contribution < -0.4 is 11.1 Å². The highest BCUT2D eigenvalue weighted by molar-refractivity contribution is 5.81. The van der Waals surface area contributed by atoms with Gasteiger partial charge in [0.25, 0.3) is 0 Å². The summed E-state index contributed by atoms with van der Waals surface area (Å²) in [6.07, 6.45) is 4.99. The molecule has 17 heavy (non-hydrogen) atoms. The largest absolute Gasteiger partial charge is 0.388 e. The van der Waals surface area contributed by atoms with E-state index >= 15 is 0 Å². The second-order valence-corrected chi connectivity index (χ2v) is 4.89. The van der Waals surface area contributed by atoms with Crippen molar-refractivity contribution >= 4 is 5.91 Å². The van der Waals surface area contributed by atoms with E-state index in [1.807, 2.05) is 0 Å². The standard InChI is InChI=1S/C12H24N2O3/c1-17-8-4-5-10(13)11(15)14-9-12(16)6-2-3-7-12/h10,16H,2-9,13H2,1H3,(H,14,15). The van der Waals surface area contributed by atoms with Crippen LogP contribution in [0.1, 0.15) is 38.5 Å². The number of nitrogens with two attached hydrogens (primary N) is 1. The van der Waals surface area contributed by atoms with Crippen LogP contribution in [-0.2, 0) is 9.53 Å². The van der Waals surface area contributed by atoms with Gasteiger partial charge < -0.3 is 20.9 Å². The fourth-order valence-electron chi connectivity index (χ4n) is 2.17. The van der Waals surface area contributed by atoms with Gasteiger partial charge in [0.1, 0.15) is 0 Å². The Labute approximate surface area is 103 Å². The summed E-state index contributed by atoms with van der Waals surface area (Å²) in [5.74, 6) is -0.179. The monoisotopic (exact) mass is 244 g/mol. The summed E-state index contributed by atoms with van der Waals surface area (Å²) in [4.78, 5) is 11.6. The normalized spacial score (nSPS) is 20.2. The molecule has 1 atom stereocenters. The van der Waals surface area contributed by atoms with Crippen molar-refractivity contribution in [1.82, 2.24) is 5.32 Å². The zero-order chi connectivity index (χ0) is 12.7. The Kier molecular flexibility index (Phi) is 5.88. The van der Waals surface area contributed by atoms with Crippen LogP contribution in [0.2, 0.25) is 0 Å². The van der Waals surface area contributed by atoms with Crippen molar-refractivity contribution in [2.45, 2.75) is 50.2 Å². The maximum Gasteiger partial charge on any atom is 0.237 e. The molecule has 1 amide bonds. The quantitative estimate of drug-likeness (QED) is 0.557. The lowest BCUT2D eigenvalue weighted by Crippen LogP contribution is -2.47. The lowest BCUT2D eigenvalue weighted by molar-refractivity contribution is -0.123. The molecule has 5 nitrogen and oxygen atoms in total. The molecule has 0 aromatic heterocycles. The average Bonchev–Trinajstić information content (AvgIpc) is 2.74. The van der Waals surface area contributed by atoms with Crippen LogP contribution in [0.3, 0.4) is 0 Å². The van der Waals surface area contributed by atoms with Gasteiger partial charge >= 0.3 is 0 Å². The van der Waals surface area contributed by atoms with E-state index < -0.39 is 11.6 Å². The minimum Gasteiger partial charge on any atom is -0.388 e. The summed E-state index contributed by atoms with van der Waals surface area (Å²) < 4.78 is 4.90. The molecule has 1 aliphatic carbocycles. The highest BCUT2D eigenvalue weighted by Gasteiger charge is 2.31. The number of carbonyl (C=O) groups is 1. The van der Waals surface area contributed by atoms with E-state index in [-0.39, 0.29) is 5.91 Å². The first kappa shape index (κ1) is 14.4. The number of rotatable bonds is 7. The molecule has 1 fully saturated rings. The third-order valence-corrected chi connectivity index (χ3v) is 3.33. The van der Waals surface area contributed by atoms with Gasteiger partial charge in [-0.1, -0.05) is 12.8 Å². The molecule has 0 saturated heterocycles. The molecule has 0 bridgehead atoms. The predicted octanol–water partition coefficient (Wildman–Crippen LogP) is 0.162. The number of hydrogen-bond acceptors (Lipinski definition) is 4. The summed E-state index contributed by atoms with van der Waals surface area (Å²) >= 11 is 0. The van der Waals surface area contributed by atoms with Gasteiger partial charge in [-0.05, 0) is 25.7 Å². The Morgan fingerprint density at radius 3 is 2.76 bits per heavy atom. The molecule has 0 heterocycles. The van der Waals surface area contributed by atoms with E-state index in [0.29, 0.717) is 19.6 Å². The van der Waals surface area contributed by atoms with Gasteiger partial charge in [-0.3, -0.25) is 4.79 Å². The fourth-order valence-corrected chi connectivity index (χ4v) is 2.17. The Morgan fingerprint density at radius 2 is 2.18 bits per heavy atom. The molecule has 0 radical (unpaired) electrons. The van der Waals surface area contributed by atoms with Crippen molar-refractivity contribution in [3.63, 3.8) is 0 Å². The molecule has 0 spiro atoms.